The first kappa shape index (κ1) is 15.2. The SMILES string of the molecule is CC(C)Nc1ncccc1C(=O)Nc1nc(-c2ccco2)cs1. The zero-order valence-electron chi connectivity index (χ0n) is 12.7. The van der Waals surface area contributed by atoms with Gasteiger partial charge in [0.05, 0.1) is 11.8 Å². The van der Waals surface area contributed by atoms with Gasteiger partial charge in [0.1, 0.15) is 11.5 Å². The van der Waals surface area contributed by atoms with Crippen LogP contribution in [-0.4, -0.2) is 21.9 Å². The van der Waals surface area contributed by atoms with Gasteiger partial charge in [0.25, 0.3) is 5.91 Å². The highest BCUT2D eigenvalue weighted by Crippen LogP contribution is 2.25. The van der Waals surface area contributed by atoms with Crippen molar-refractivity contribution in [3.8, 4) is 11.5 Å². The normalized spacial score (nSPS) is 10.7. The molecule has 3 aromatic rings. The average Bonchev–Trinajstić information content (AvgIpc) is 3.17. The maximum atomic E-state index is 12.5. The first-order chi connectivity index (χ1) is 11.1. The Kier molecular flexibility index (Phi) is 4.38. The molecule has 0 aliphatic rings. The van der Waals surface area contributed by atoms with Gasteiger partial charge in [0, 0.05) is 17.6 Å². The van der Waals surface area contributed by atoms with Crippen LogP contribution in [-0.2, 0) is 0 Å². The number of hydrogen-bond acceptors (Lipinski definition) is 6. The highest BCUT2D eigenvalue weighted by atomic mass is 32.1. The van der Waals surface area contributed by atoms with Crippen molar-refractivity contribution in [3.05, 3.63) is 47.7 Å². The molecule has 7 heteroatoms. The summed E-state index contributed by atoms with van der Waals surface area (Å²) in [5, 5.41) is 8.32. The molecule has 0 fully saturated rings. The maximum absolute atomic E-state index is 12.5. The molecule has 3 aromatic heterocycles. The number of amides is 1. The van der Waals surface area contributed by atoms with Gasteiger partial charge in [0.15, 0.2) is 10.9 Å². The third kappa shape index (κ3) is 3.57. The molecule has 0 aromatic carbocycles. The number of rotatable bonds is 5. The minimum Gasteiger partial charge on any atom is -0.463 e. The maximum Gasteiger partial charge on any atom is 0.261 e. The standard InChI is InChI=1S/C16H16N4O2S/c1-10(2)18-14-11(5-3-7-17-14)15(21)20-16-19-12(9-23-16)13-6-4-8-22-13/h3-10H,1-2H3,(H,17,18)(H,19,20,21). The molecule has 0 saturated heterocycles. The fraction of sp³-hybridized carbons (Fsp3) is 0.188. The van der Waals surface area contributed by atoms with Gasteiger partial charge in [0.2, 0.25) is 0 Å². The quantitative estimate of drug-likeness (QED) is 0.743. The van der Waals surface area contributed by atoms with Crippen LogP contribution in [0.15, 0.2) is 46.5 Å². The predicted molar refractivity (Wildman–Crippen MR) is 90.8 cm³/mol. The third-order valence-corrected chi connectivity index (χ3v) is 3.73. The molecular formula is C16H16N4O2S. The summed E-state index contributed by atoms with van der Waals surface area (Å²) in [5.41, 5.74) is 1.18. The van der Waals surface area contributed by atoms with E-state index in [0.29, 0.717) is 28.0 Å². The number of furan rings is 1. The highest BCUT2D eigenvalue weighted by Gasteiger charge is 2.15. The smallest absolute Gasteiger partial charge is 0.261 e. The number of carbonyl (C=O) groups is 1. The summed E-state index contributed by atoms with van der Waals surface area (Å²) in [6, 6.07) is 7.27. The summed E-state index contributed by atoms with van der Waals surface area (Å²) < 4.78 is 5.30. The van der Waals surface area contributed by atoms with Crippen molar-refractivity contribution < 1.29 is 9.21 Å². The van der Waals surface area contributed by atoms with Crippen LogP contribution >= 0.6 is 11.3 Å². The van der Waals surface area contributed by atoms with Crippen molar-refractivity contribution >= 4 is 28.2 Å². The minimum absolute atomic E-state index is 0.182. The van der Waals surface area contributed by atoms with E-state index < -0.39 is 0 Å². The zero-order valence-corrected chi connectivity index (χ0v) is 13.6. The Labute approximate surface area is 137 Å². The van der Waals surface area contributed by atoms with E-state index in [2.05, 4.69) is 20.6 Å². The van der Waals surface area contributed by atoms with E-state index in [1.807, 2.05) is 25.3 Å². The number of thiazole rings is 1. The molecule has 0 radical (unpaired) electrons. The van der Waals surface area contributed by atoms with Crippen LogP contribution in [0, 0.1) is 0 Å². The van der Waals surface area contributed by atoms with Crippen molar-refractivity contribution in [1.82, 2.24) is 9.97 Å². The number of anilines is 2. The summed E-state index contributed by atoms with van der Waals surface area (Å²) in [6.07, 6.45) is 3.24. The fourth-order valence-corrected chi connectivity index (χ4v) is 2.70. The molecular weight excluding hydrogens is 312 g/mol. The van der Waals surface area contributed by atoms with E-state index in [9.17, 15) is 4.79 Å². The summed E-state index contributed by atoms with van der Waals surface area (Å²) in [6.45, 7) is 3.99. The van der Waals surface area contributed by atoms with Gasteiger partial charge in [-0.15, -0.1) is 11.3 Å². The lowest BCUT2D eigenvalue weighted by Gasteiger charge is -2.12. The predicted octanol–water partition coefficient (Wildman–Crippen LogP) is 3.87. The van der Waals surface area contributed by atoms with Crippen LogP contribution < -0.4 is 10.6 Å². The molecule has 3 rings (SSSR count). The molecule has 1 amide bonds. The van der Waals surface area contributed by atoms with Gasteiger partial charge in [-0.05, 0) is 38.1 Å². The van der Waals surface area contributed by atoms with Crippen LogP contribution in [0.5, 0.6) is 0 Å². The van der Waals surface area contributed by atoms with Crippen LogP contribution in [0.2, 0.25) is 0 Å². The third-order valence-electron chi connectivity index (χ3n) is 2.98. The molecule has 0 atom stereocenters. The average molecular weight is 328 g/mol. The van der Waals surface area contributed by atoms with Crippen molar-refractivity contribution in [2.24, 2.45) is 0 Å². The number of nitrogens with zero attached hydrogens (tertiary/aromatic N) is 2. The van der Waals surface area contributed by atoms with Crippen LogP contribution in [0.4, 0.5) is 10.9 Å². The minimum atomic E-state index is -0.249. The summed E-state index contributed by atoms with van der Waals surface area (Å²) in [7, 11) is 0. The van der Waals surface area contributed by atoms with E-state index in [1.165, 1.54) is 11.3 Å². The number of nitrogens with one attached hydrogen (secondary N) is 2. The van der Waals surface area contributed by atoms with Crippen LogP contribution in [0.3, 0.4) is 0 Å². The van der Waals surface area contributed by atoms with Gasteiger partial charge >= 0.3 is 0 Å². The Morgan fingerprint density at radius 1 is 1.30 bits per heavy atom. The Morgan fingerprint density at radius 2 is 2.17 bits per heavy atom. The summed E-state index contributed by atoms with van der Waals surface area (Å²) in [5.74, 6) is 0.981. The fourth-order valence-electron chi connectivity index (χ4n) is 2.01. The largest absolute Gasteiger partial charge is 0.463 e. The second-order valence-electron chi connectivity index (χ2n) is 5.17. The molecule has 118 valence electrons. The molecule has 2 N–H and O–H groups in total. The first-order valence-corrected chi connectivity index (χ1v) is 8.04. The van der Waals surface area contributed by atoms with Gasteiger partial charge < -0.3 is 9.73 Å². The van der Waals surface area contributed by atoms with Crippen LogP contribution in [0.25, 0.3) is 11.5 Å². The van der Waals surface area contributed by atoms with E-state index in [-0.39, 0.29) is 11.9 Å². The molecule has 0 aliphatic heterocycles. The number of aromatic nitrogens is 2. The highest BCUT2D eigenvalue weighted by molar-refractivity contribution is 7.14. The molecule has 3 heterocycles. The molecule has 0 saturated carbocycles. The summed E-state index contributed by atoms with van der Waals surface area (Å²) in [4.78, 5) is 21.0. The van der Waals surface area contributed by atoms with Crippen molar-refractivity contribution in [3.63, 3.8) is 0 Å². The second-order valence-corrected chi connectivity index (χ2v) is 6.03. The van der Waals surface area contributed by atoms with Gasteiger partial charge in [-0.2, -0.15) is 0 Å². The lowest BCUT2D eigenvalue weighted by atomic mass is 10.2. The van der Waals surface area contributed by atoms with E-state index >= 15 is 0 Å². The second kappa shape index (κ2) is 6.62. The Morgan fingerprint density at radius 3 is 2.91 bits per heavy atom. The van der Waals surface area contributed by atoms with E-state index in [1.54, 1.807) is 30.7 Å². The lowest BCUT2D eigenvalue weighted by molar-refractivity contribution is 0.102. The number of hydrogen-bond donors (Lipinski definition) is 2. The monoisotopic (exact) mass is 328 g/mol. The molecule has 0 unspecified atom stereocenters. The van der Waals surface area contributed by atoms with Crippen LogP contribution in [0.1, 0.15) is 24.2 Å². The van der Waals surface area contributed by atoms with E-state index in [0.717, 1.165) is 0 Å². The van der Waals surface area contributed by atoms with Crippen molar-refractivity contribution in [2.75, 3.05) is 10.6 Å². The Bertz CT molecular complexity index is 796. The topological polar surface area (TPSA) is 80.0 Å². The molecule has 23 heavy (non-hydrogen) atoms. The van der Waals surface area contributed by atoms with Gasteiger partial charge in [-0.1, -0.05) is 0 Å². The molecule has 0 aliphatic carbocycles. The molecule has 0 bridgehead atoms. The van der Waals surface area contributed by atoms with Crippen molar-refractivity contribution in [2.45, 2.75) is 19.9 Å². The zero-order chi connectivity index (χ0) is 16.2. The number of carbonyl (C=O) groups excluding carboxylic acids is 1. The summed E-state index contributed by atoms with van der Waals surface area (Å²) >= 11 is 1.35. The Hall–Kier alpha value is -2.67. The number of pyridine rings is 1. The van der Waals surface area contributed by atoms with E-state index in [4.69, 9.17) is 4.42 Å². The first-order valence-electron chi connectivity index (χ1n) is 7.16. The molecule has 0 spiro atoms. The van der Waals surface area contributed by atoms with Crippen molar-refractivity contribution in [1.29, 1.82) is 0 Å². The van der Waals surface area contributed by atoms with Gasteiger partial charge in [-0.3, -0.25) is 10.1 Å². The Balaban J connectivity index is 1.77. The molecule has 6 nitrogen and oxygen atoms in total. The van der Waals surface area contributed by atoms with Gasteiger partial charge in [-0.25, -0.2) is 9.97 Å². The lowest BCUT2D eigenvalue weighted by Crippen LogP contribution is -2.18.